The van der Waals surface area contributed by atoms with Crippen molar-refractivity contribution in [2.75, 3.05) is 25.4 Å². The van der Waals surface area contributed by atoms with Gasteiger partial charge >= 0.3 is 0 Å². The summed E-state index contributed by atoms with van der Waals surface area (Å²) in [6, 6.07) is 5.70. The predicted octanol–water partition coefficient (Wildman–Crippen LogP) is 2.25. The predicted molar refractivity (Wildman–Crippen MR) is 81.2 cm³/mol. The van der Waals surface area contributed by atoms with Crippen molar-refractivity contribution in [3.05, 3.63) is 28.2 Å². The summed E-state index contributed by atoms with van der Waals surface area (Å²) in [7, 11) is 0. The van der Waals surface area contributed by atoms with Crippen molar-refractivity contribution in [2.45, 2.75) is 25.8 Å². The molecule has 0 saturated carbocycles. The number of halogens is 1. The maximum Gasteiger partial charge on any atom is 0.253 e. The van der Waals surface area contributed by atoms with Gasteiger partial charge in [0.25, 0.3) is 5.91 Å². The molecule has 1 amide bonds. The fourth-order valence-corrected chi connectivity index (χ4v) is 2.73. The average Bonchev–Trinajstić information content (AvgIpc) is 2.92. The zero-order valence-electron chi connectivity index (χ0n) is 11.2. The van der Waals surface area contributed by atoms with E-state index in [0.29, 0.717) is 23.8 Å². The second-order valence-electron chi connectivity index (χ2n) is 5.03. The topological polar surface area (TPSA) is 58.4 Å². The Kier molecular flexibility index (Phi) is 4.82. The fraction of sp³-hybridized carbons (Fsp3) is 0.500. The number of amides is 1. The Balaban J connectivity index is 1.91. The zero-order valence-corrected chi connectivity index (χ0v) is 12.7. The third kappa shape index (κ3) is 3.70. The monoisotopic (exact) mass is 325 g/mol. The highest BCUT2D eigenvalue weighted by molar-refractivity contribution is 9.10. The first-order valence-corrected chi connectivity index (χ1v) is 7.44. The van der Waals surface area contributed by atoms with Crippen LogP contribution in [-0.4, -0.2) is 36.5 Å². The Bertz CT molecular complexity index is 458. The van der Waals surface area contributed by atoms with Gasteiger partial charge in [0.15, 0.2) is 0 Å². The zero-order chi connectivity index (χ0) is 13.8. The van der Waals surface area contributed by atoms with Gasteiger partial charge in [-0.2, -0.15) is 0 Å². The Morgan fingerprint density at radius 1 is 1.47 bits per heavy atom. The molecule has 0 aliphatic carbocycles. The minimum atomic E-state index is -0.107. The molecule has 0 radical (unpaired) electrons. The molecule has 0 bridgehead atoms. The van der Waals surface area contributed by atoms with Crippen LogP contribution in [0.5, 0.6) is 0 Å². The first-order valence-electron chi connectivity index (χ1n) is 6.65. The molecular weight excluding hydrogens is 306 g/mol. The summed E-state index contributed by atoms with van der Waals surface area (Å²) >= 11 is 3.35. The highest BCUT2D eigenvalue weighted by atomic mass is 79.9. The number of carbonyl (C=O) groups excluding carboxylic acids is 1. The molecule has 0 aromatic heterocycles. The average molecular weight is 326 g/mol. The molecule has 5 heteroatoms. The lowest BCUT2D eigenvalue weighted by Gasteiger charge is -2.24. The lowest BCUT2D eigenvalue weighted by atomic mass is 10.1. The number of carbonyl (C=O) groups is 1. The van der Waals surface area contributed by atoms with Gasteiger partial charge in [-0.3, -0.25) is 9.69 Å². The van der Waals surface area contributed by atoms with Crippen molar-refractivity contribution >= 4 is 27.5 Å². The Hall–Kier alpha value is -1.07. The number of nitrogens with zero attached hydrogens (tertiary/aromatic N) is 1. The molecule has 104 valence electrons. The van der Waals surface area contributed by atoms with E-state index < -0.39 is 0 Å². The lowest BCUT2D eigenvalue weighted by Crippen LogP contribution is -2.40. The summed E-state index contributed by atoms with van der Waals surface area (Å²) in [5, 5.41) is 2.96. The number of rotatable bonds is 4. The molecule has 1 aromatic rings. The van der Waals surface area contributed by atoms with E-state index in [1.807, 2.05) is 6.07 Å². The molecule has 2 rings (SSSR count). The molecule has 19 heavy (non-hydrogen) atoms. The quantitative estimate of drug-likeness (QED) is 0.835. The van der Waals surface area contributed by atoms with Gasteiger partial charge < -0.3 is 11.1 Å². The molecule has 4 nitrogen and oxygen atoms in total. The molecule has 1 fully saturated rings. The van der Waals surface area contributed by atoms with Crippen LogP contribution < -0.4 is 11.1 Å². The van der Waals surface area contributed by atoms with Crippen LogP contribution in [0.3, 0.4) is 0 Å². The molecule has 1 aliphatic heterocycles. The van der Waals surface area contributed by atoms with Gasteiger partial charge in [-0.1, -0.05) is 15.9 Å². The number of anilines is 1. The Labute approximate surface area is 122 Å². The van der Waals surface area contributed by atoms with Gasteiger partial charge in [-0.25, -0.2) is 0 Å². The van der Waals surface area contributed by atoms with E-state index in [-0.39, 0.29) is 5.91 Å². The number of nitrogens with one attached hydrogen (secondary N) is 1. The summed E-state index contributed by atoms with van der Waals surface area (Å²) in [6.07, 6.45) is 2.52. The normalized spacial score (nSPS) is 17.4. The molecule has 1 atom stereocenters. The van der Waals surface area contributed by atoms with Crippen LogP contribution in [-0.2, 0) is 0 Å². The molecule has 1 aromatic carbocycles. The number of hydrogen-bond acceptors (Lipinski definition) is 3. The first-order chi connectivity index (χ1) is 9.08. The van der Waals surface area contributed by atoms with Crippen molar-refractivity contribution in [3.8, 4) is 0 Å². The third-order valence-corrected chi connectivity index (χ3v) is 4.08. The van der Waals surface area contributed by atoms with Gasteiger partial charge in [-0.15, -0.1) is 0 Å². The van der Waals surface area contributed by atoms with Gasteiger partial charge in [0.2, 0.25) is 0 Å². The lowest BCUT2D eigenvalue weighted by molar-refractivity contribution is 0.0941. The van der Waals surface area contributed by atoms with Crippen LogP contribution in [0, 0.1) is 0 Å². The molecule has 1 unspecified atom stereocenters. The van der Waals surface area contributed by atoms with Gasteiger partial charge in [0, 0.05) is 22.7 Å². The van der Waals surface area contributed by atoms with Crippen LogP contribution in [0.15, 0.2) is 22.7 Å². The molecule has 3 N–H and O–H groups in total. The number of hydrogen-bond donors (Lipinski definition) is 2. The maximum atomic E-state index is 12.1. The summed E-state index contributed by atoms with van der Waals surface area (Å²) in [5.74, 6) is -0.107. The minimum absolute atomic E-state index is 0.107. The summed E-state index contributed by atoms with van der Waals surface area (Å²) in [5.41, 5.74) is 6.87. The van der Waals surface area contributed by atoms with Gasteiger partial charge in [-0.05, 0) is 51.1 Å². The van der Waals surface area contributed by atoms with Crippen LogP contribution in [0.1, 0.15) is 30.1 Å². The van der Waals surface area contributed by atoms with E-state index in [1.165, 1.54) is 12.8 Å². The van der Waals surface area contributed by atoms with E-state index in [4.69, 9.17) is 5.73 Å². The summed E-state index contributed by atoms with van der Waals surface area (Å²) < 4.78 is 0.861. The largest absolute Gasteiger partial charge is 0.398 e. The van der Waals surface area contributed by atoms with Crippen LogP contribution >= 0.6 is 15.9 Å². The second-order valence-corrected chi connectivity index (χ2v) is 5.95. The van der Waals surface area contributed by atoms with E-state index >= 15 is 0 Å². The second kappa shape index (κ2) is 6.39. The number of benzene rings is 1. The summed E-state index contributed by atoms with van der Waals surface area (Å²) in [4.78, 5) is 14.5. The van der Waals surface area contributed by atoms with Crippen LogP contribution in [0.25, 0.3) is 0 Å². The van der Waals surface area contributed by atoms with Crippen molar-refractivity contribution in [1.82, 2.24) is 10.2 Å². The van der Waals surface area contributed by atoms with Crippen molar-refractivity contribution in [1.29, 1.82) is 0 Å². The number of nitrogen functional groups attached to an aromatic ring is 1. The standard InChI is InChI=1S/C14H20BrN3O/c1-10(18-6-2-3-7-18)9-17-14(19)12-8-11(15)4-5-13(12)16/h4-5,8,10H,2-3,6-7,9,16H2,1H3,(H,17,19). The fourth-order valence-electron chi connectivity index (χ4n) is 2.37. The summed E-state index contributed by atoms with van der Waals surface area (Å²) in [6.45, 7) is 5.08. The van der Waals surface area contributed by atoms with Crippen molar-refractivity contribution in [3.63, 3.8) is 0 Å². The molecule has 1 aliphatic rings. The molecular formula is C14H20BrN3O. The number of nitrogens with two attached hydrogens (primary N) is 1. The first kappa shape index (κ1) is 14.3. The van der Waals surface area contributed by atoms with E-state index in [0.717, 1.165) is 17.6 Å². The van der Waals surface area contributed by atoms with Crippen molar-refractivity contribution < 1.29 is 4.79 Å². The highest BCUT2D eigenvalue weighted by Crippen LogP contribution is 2.18. The highest BCUT2D eigenvalue weighted by Gasteiger charge is 2.19. The van der Waals surface area contributed by atoms with Gasteiger partial charge in [0.1, 0.15) is 0 Å². The van der Waals surface area contributed by atoms with Crippen molar-refractivity contribution in [2.24, 2.45) is 0 Å². The van der Waals surface area contributed by atoms with Crippen LogP contribution in [0.4, 0.5) is 5.69 Å². The Morgan fingerprint density at radius 2 is 2.16 bits per heavy atom. The van der Waals surface area contributed by atoms with Crippen LogP contribution in [0.2, 0.25) is 0 Å². The smallest absolute Gasteiger partial charge is 0.253 e. The Morgan fingerprint density at radius 3 is 2.84 bits per heavy atom. The van der Waals surface area contributed by atoms with E-state index in [9.17, 15) is 4.79 Å². The molecule has 0 spiro atoms. The SMILES string of the molecule is CC(CNC(=O)c1cc(Br)ccc1N)N1CCCC1. The molecule has 1 heterocycles. The third-order valence-electron chi connectivity index (χ3n) is 3.58. The maximum absolute atomic E-state index is 12.1. The van der Waals surface area contributed by atoms with E-state index in [2.05, 4.69) is 33.1 Å². The minimum Gasteiger partial charge on any atom is -0.398 e. The molecule has 1 saturated heterocycles. The number of likely N-dealkylation sites (tertiary alicyclic amines) is 1. The van der Waals surface area contributed by atoms with Gasteiger partial charge in [0.05, 0.1) is 5.56 Å². The van der Waals surface area contributed by atoms with E-state index in [1.54, 1.807) is 12.1 Å².